The van der Waals surface area contributed by atoms with E-state index in [1.165, 1.54) is 13.1 Å². The molecular formula is C34H25N3O5. The van der Waals surface area contributed by atoms with Crippen LogP contribution >= 0.6 is 0 Å². The number of para-hydroxylation sites is 1. The van der Waals surface area contributed by atoms with Crippen LogP contribution in [0, 0.1) is 5.92 Å². The van der Waals surface area contributed by atoms with Crippen LogP contribution in [0.3, 0.4) is 0 Å². The Morgan fingerprint density at radius 1 is 0.881 bits per heavy atom. The molecule has 1 fully saturated rings. The number of ketones is 2. The van der Waals surface area contributed by atoms with Gasteiger partial charge in [0.05, 0.1) is 12.0 Å². The van der Waals surface area contributed by atoms with Crippen molar-refractivity contribution in [3.63, 3.8) is 0 Å². The third kappa shape index (κ3) is 3.65. The third-order valence-corrected chi connectivity index (χ3v) is 8.47. The van der Waals surface area contributed by atoms with Gasteiger partial charge in [0.1, 0.15) is 17.2 Å². The summed E-state index contributed by atoms with van der Waals surface area (Å²) in [5.74, 6) is -2.25. The van der Waals surface area contributed by atoms with Gasteiger partial charge in [-0.1, -0.05) is 42.5 Å². The second-order valence-electron chi connectivity index (χ2n) is 10.7. The fourth-order valence-electron chi connectivity index (χ4n) is 6.88. The smallest absolute Gasteiger partial charge is 0.308 e. The molecule has 206 valence electrons. The first kappa shape index (κ1) is 25.6. The predicted octanol–water partition coefficient (Wildman–Crippen LogP) is 4.99. The maximum absolute atomic E-state index is 14.7. The van der Waals surface area contributed by atoms with Crippen LogP contribution in [0.15, 0.2) is 104 Å². The Hall–Kier alpha value is -5.37. The van der Waals surface area contributed by atoms with Crippen molar-refractivity contribution in [2.45, 2.75) is 24.4 Å². The van der Waals surface area contributed by atoms with Gasteiger partial charge in [-0.05, 0) is 65.2 Å². The number of benzene rings is 3. The summed E-state index contributed by atoms with van der Waals surface area (Å²) in [6.07, 6.45) is 6.80. The Morgan fingerprint density at radius 3 is 2.40 bits per heavy atom. The molecule has 0 aliphatic carbocycles. The van der Waals surface area contributed by atoms with E-state index in [2.05, 4.69) is 10.3 Å². The van der Waals surface area contributed by atoms with Crippen LogP contribution in [0.4, 0.5) is 5.69 Å². The molecular weight excluding hydrogens is 530 g/mol. The van der Waals surface area contributed by atoms with Crippen LogP contribution in [0.25, 0.3) is 6.08 Å². The molecule has 1 N–H and O–H groups in total. The number of pyridine rings is 1. The van der Waals surface area contributed by atoms with Gasteiger partial charge >= 0.3 is 5.97 Å². The SMILES string of the molecule is CC(=O)Oc1ccc(C(=O)[C@@H]2[C@H](C(=O)c3cccnc3)[C@@]3(C(=O)Nc4ccccc43)[C@@H]3c4ccccc4C=CN23)cc1. The van der Waals surface area contributed by atoms with Crippen molar-refractivity contribution in [3.8, 4) is 5.75 Å². The highest BCUT2D eigenvalue weighted by Gasteiger charge is 2.70. The van der Waals surface area contributed by atoms with E-state index in [-0.39, 0.29) is 17.5 Å². The summed E-state index contributed by atoms with van der Waals surface area (Å²) in [4.78, 5) is 61.1. The minimum absolute atomic E-state index is 0.304. The minimum Gasteiger partial charge on any atom is -0.427 e. The van der Waals surface area contributed by atoms with Crippen LogP contribution in [-0.4, -0.2) is 39.4 Å². The summed E-state index contributed by atoms with van der Waals surface area (Å²) >= 11 is 0. The average Bonchev–Trinajstić information content (AvgIpc) is 3.49. The second-order valence-corrected chi connectivity index (χ2v) is 10.7. The zero-order chi connectivity index (χ0) is 29.0. The monoisotopic (exact) mass is 555 g/mol. The van der Waals surface area contributed by atoms with E-state index in [0.717, 1.165) is 11.1 Å². The van der Waals surface area contributed by atoms with E-state index in [9.17, 15) is 19.2 Å². The number of aromatic nitrogens is 1. The Labute approximate surface area is 241 Å². The number of Topliss-reactive ketones (excluding diaryl/α,β-unsaturated/α-hetero) is 2. The molecule has 7 rings (SSSR count). The Bertz CT molecular complexity index is 1800. The van der Waals surface area contributed by atoms with Gasteiger partial charge in [0.25, 0.3) is 0 Å². The molecule has 0 bridgehead atoms. The zero-order valence-electron chi connectivity index (χ0n) is 22.6. The standard InChI is InChI=1S/C34H25N3O5/c1-20(38)42-24-14-12-22(13-15-24)31(40)29-28(30(39)23-8-6-17-35-19-23)34(26-10-4-5-11-27(26)36-33(34)41)32-25-9-3-2-7-21(25)16-18-37(29)32/h2-19,28-29,32H,1H3,(H,36,41)/t28-,29+,32+,34-/m1/s1. The van der Waals surface area contributed by atoms with Crippen molar-refractivity contribution in [1.82, 2.24) is 9.88 Å². The number of nitrogens with zero attached hydrogens (tertiary/aromatic N) is 2. The van der Waals surface area contributed by atoms with Crippen molar-refractivity contribution in [2.75, 3.05) is 5.32 Å². The highest BCUT2D eigenvalue weighted by Crippen LogP contribution is 2.62. The van der Waals surface area contributed by atoms with Crippen molar-refractivity contribution in [1.29, 1.82) is 0 Å². The Balaban J connectivity index is 1.48. The quantitative estimate of drug-likeness (QED) is 0.210. The number of ether oxygens (including phenoxy) is 1. The van der Waals surface area contributed by atoms with Crippen LogP contribution < -0.4 is 10.1 Å². The molecule has 3 aliphatic rings. The number of esters is 1. The summed E-state index contributed by atoms with van der Waals surface area (Å²) in [7, 11) is 0. The maximum Gasteiger partial charge on any atom is 0.308 e. The van der Waals surface area contributed by atoms with E-state index < -0.39 is 29.4 Å². The molecule has 4 aromatic rings. The highest BCUT2D eigenvalue weighted by atomic mass is 16.5. The Kier molecular flexibility index (Phi) is 5.86. The molecule has 1 spiro atoms. The first-order chi connectivity index (χ1) is 20.4. The number of hydrogen-bond donors (Lipinski definition) is 1. The number of carbonyl (C=O) groups excluding carboxylic acids is 4. The van der Waals surface area contributed by atoms with E-state index in [0.29, 0.717) is 28.1 Å². The lowest BCUT2D eigenvalue weighted by molar-refractivity contribution is -0.131. The number of anilines is 1. The van der Waals surface area contributed by atoms with E-state index >= 15 is 0 Å². The lowest BCUT2D eigenvalue weighted by atomic mass is 9.62. The minimum atomic E-state index is -1.41. The molecule has 1 saturated heterocycles. The van der Waals surface area contributed by atoms with Gasteiger partial charge in [0, 0.05) is 42.3 Å². The fourth-order valence-corrected chi connectivity index (χ4v) is 6.88. The summed E-state index contributed by atoms with van der Waals surface area (Å²) in [6.45, 7) is 1.30. The molecule has 8 heteroatoms. The van der Waals surface area contributed by atoms with Gasteiger partial charge in [0.15, 0.2) is 11.6 Å². The second kappa shape index (κ2) is 9.62. The van der Waals surface area contributed by atoms with Crippen LogP contribution in [-0.2, 0) is 15.0 Å². The van der Waals surface area contributed by atoms with E-state index in [1.54, 1.807) is 42.6 Å². The summed E-state index contributed by atoms with van der Waals surface area (Å²) in [5, 5.41) is 3.04. The van der Waals surface area contributed by atoms with Crippen molar-refractivity contribution in [2.24, 2.45) is 5.92 Å². The van der Waals surface area contributed by atoms with Crippen molar-refractivity contribution >= 4 is 35.2 Å². The molecule has 4 heterocycles. The molecule has 0 radical (unpaired) electrons. The molecule has 42 heavy (non-hydrogen) atoms. The summed E-state index contributed by atoms with van der Waals surface area (Å²) < 4.78 is 5.16. The van der Waals surface area contributed by atoms with Crippen LogP contribution in [0.5, 0.6) is 5.75 Å². The van der Waals surface area contributed by atoms with Crippen LogP contribution in [0.2, 0.25) is 0 Å². The van der Waals surface area contributed by atoms with Gasteiger partial charge in [-0.15, -0.1) is 0 Å². The number of fused-ring (bicyclic) bond motifs is 6. The zero-order valence-corrected chi connectivity index (χ0v) is 22.6. The van der Waals surface area contributed by atoms with Gasteiger partial charge < -0.3 is 15.0 Å². The number of nitrogens with one attached hydrogen (secondary N) is 1. The van der Waals surface area contributed by atoms with Crippen molar-refractivity contribution < 1.29 is 23.9 Å². The first-order valence-electron chi connectivity index (χ1n) is 13.6. The average molecular weight is 556 g/mol. The topological polar surface area (TPSA) is 106 Å². The van der Waals surface area contributed by atoms with Gasteiger partial charge in [-0.2, -0.15) is 0 Å². The van der Waals surface area contributed by atoms with Crippen LogP contribution in [0.1, 0.15) is 50.4 Å². The molecule has 1 amide bonds. The van der Waals surface area contributed by atoms with Crippen molar-refractivity contribution in [3.05, 3.63) is 131 Å². The third-order valence-electron chi connectivity index (χ3n) is 8.47. The molecule has 0 unspecified atom stereocenters. The molecule has 3 aliphatic heterocycles. The first-order valence-corrected chi connectivity index (χ1v) is 13.6. The van der Waals surface area contributed by atoms with Gasteiger partial charge in [-0.25, -0.2) is 0 Å². The number of carbonyl (C=O) groups is 4. The number of amides is 1. The number of hydrogen-bond acceptors (Lipinski definition) is 7. The predicted molar refractivity (Wildman–Crippen MR) is 155 cm³/mol. The lowest BCUT2D eigenvalue weighted by Crippen LogP contribution is -2.49. The normalized spacial score (nSPS) is 23.1. The molecule has 8 nitrogen and oxygen atoms in total. The lowest BCUT2D eigenvalue weighted by Gasteiger charge is -2.38. The van der Waals surface area contributed by atoms with Gasteiger partial charge in [-0.3, -0.25) is 24.2 Å². The maximum atomic E-state index is 14.7. The highest BCUT2D eigenvalue weighted by molar-refractivity contribution is 6.16. The largest absolute Gasteiger partial charge is 0.427 e. The summed E-state index contributed by atoms with van der Waals surface area (Å²) in [6, 6.07) is 23.1. The van der Waals surface area contributed by atoms with Gasteiger partial charge in [0.2, 0.25) is 5.91 Å². The van der Waals surface area contributed by atoms with E-state index in [1.807, 2.05) is 65.7 Å². The molecule has 1 aromatic heterocycles. The molecule has 4 atom stereocenters. The Morgan fingerprint density at radius 2 is 1.64 bits per heavy atom. The molecule has 0 saturated carbocycles. The summed E-state index contributed by atoms with van der Waals surface area (Å²) in [5.41, 5.74) is 2.31. The number of rotatable bonds is 5. The molecule has 3 aromatic carbocycles. The fraction of sp³-hybridized carbons (Fsp3) is 0.147. The van der Waals surface area contributed by atoms with E-state index in [4.69, 9.17) is 4.74 Å².